The first-order valence-electron chi connectivity index (χ1n) is 8.72. The van der Waals surface area contributed by atoms with Gasteiger partial charge in [0.25, 0.3) is 11.8 Å². The summed E-state index contributed by atoms with van der Waals surface area (Å²) < 4.78 is 0. The lowest BCUT2D eigenvalue weighted by atomic mass is 9.97. The van der Waals surface area contributed by atoms with E-state index in [2.05, 4.69) is 0 Å². The number of likely N-dealkylation sites (N-methyl/N-ethyl adjacent to an activating group) is 1. The van der Waals surface area contributed by atoms with Gasteiger partial charge in [0, 0.05) is 30.9 Å². The van der Waals surface area contributed by atoms with E-state index in [4.69, 9.17) is 5.11 Å². The van der Waals surface area contributed by atoms with Crippen LogP contribution in [-0.2, 0) is 11.2 Å². The van der Waals surface area contributed by atoms with Crippen molar-refractivity contribution in [1.29, 1.82) is 0 Å². The minimum atomic E-state index is -1.10. The molecule has 0 bridgehead atoms. The van der Waals surface area contributed by atoms with Gasteiger partial charge in [-0.25, -0.2) is 0 Å². The molecule has 1 heterocycles. The first kappa shape index (κ1) is 19.2. The SMILES string of the molecule is CN(CC(=O)O)C(=O)c1ccc2c(c1)CCCN2C(=O)c1ccc(O)cc1O. The number of carboxylic acids is 1. The average Bonchev–Trinajstić information content (AvgIpc) is 2.65. The zero-order chi connectivity index (χ0) is 20.4. The summed E-state index contributed by atoms with van der Waals surface area (Å²) in [6.07, 6.45) is 1.35. The zero-order valence-electron chi connectivity index (χ0n) is 15.3. The number of nitrogens with zero attached hydrogens (tertiary/aromatic N) is 2. The van der Waals surface area contributed by atoms with Crippen molar-refractivity contribution in [3.63, 3.8) is 0 Å². The number of benzene rings is 2. The second-order valence-electron chi connectivity index (χ2n) is 6.66. The largest absolute Gasteiger partial charge is 0.508 e. The number of phenols is 2. The Kier molecular flexibility index (Phi) is 5.21. The fraction of sp³-hybridized carbons (Fsp3) is 0.250. The Morgan fingerprint density at radius 3 is 2.54 bits per heavy atom. The van der Waals surface area contributed by atoms with E-state index in [0.717, 1.165) is 16.5 Å². The van der Waals surface area contributed by atoms with E-state index in [-0.39, 0.29) is 17.1 Å². The summed E-state index contributed by atoms with van der Waals surface area (Å²) in [5, 5.41) is 28.2. The number of hydrogen-bond donors (Lipinski definition) is 3. The topological polar surface area (TPSA) is 118 Å². The van der Waals surface area contributed by atoms with Crippen LogP contribution in [0.5, 0.6) is 11.5 Å². The first-order valence-corrected chi connectivity index (χ1v) is 8.72. The smallest absolute Gasteiger partial charge is 0.323 e. The van der Waals surface area contributed by atoms with Gasteiger partial charge < -0.3 is 25.1 Å². The minimum Gasteiger partial charge on any atom is -0.508 e. The molecule has 0 saturated carbocycles. The van der Waals surface area contributed by atoms with Crippen LogP contribution in [0.25, 0.3) is 0 Å². The molecule has 0 fully saturated rings. The molecule has 146 valence electrons. The van der Waals surface area contributed by atoms with Crippen LogP contribution in [0.2, 0.25) is 0 Å². The number of hydrogen-bond acceptors (Lipinski definition) is 5. The van der Waals surface area contributed by atoms with Gasteiger partial charge in [-0.15, -0.1) is 0 Å². The molecule has 0 spiro atoms. The lowest BCUT2D eigenvalue weighted by Gasteiger charge is -2.30. The number of anilines is 1. The van der Waals surface area contributed by atoms with Crippen molar-refractivity contribution in [2.45, 2.75) is 12.8 Å². The maximum Gasteiger partial charge on any atom is 0.323 e. The molecule has 2 aromatic carbocycles. The highest BCUT2D eigenvalue weighted by atomic mass is 16.4. The molecule has 2 aromatic rings. The highest BCUT2D eigenvalue weighted by Gasteiger charge is 2.26. The Bertz CT molecular complexity index is 956. The molecule has 0 atom stereocenters. The molecule has 3 N–H and O–H groups in total. The number of carbonyl (C=O) groups excluding carboxylic acids is 2. The van der Waals surface area contributed by atoms with Gasteiger partial charge in [-0.1, -0.05) is 0 Å². The molecule has 1 aliphatic rings. The number of carbonyl (C=O) groups is 3. The third kappa shape index (κ3) is 3.75. The van der Waals surface area contributed by atoms with Crippen LogP contribution in [0, 0.1) is 0 Å². The number of phenolic OH excluding ortho intramolecular Hbond substituents is 2. The summed E-state index contributed by atoms with van der Waals surface area (Å²) >= 11 is 0. The van der Waals surface area contributed by atoms with Crippen LogP contribution >= 0.6 is 0 Å². The van der Waals surface area contributed by atoms with Crippen LogP contribution < -0.4 is 4.90 Å². The van der Waals surface area contributed by atoms with Crippen molar-refractivity contribution >= 4 is 23.5 Å². The average molecular weight is 384 g/mol. The Morgan fingerprint density at radius 1 is 1.11 bits per heavy atom. The number of amides is 2. The molecule has 3 rings (SSSR count). The Balaban J connectivity index is 1.89. The molecule has 0 aromatic heterocycles. The van der Waals surface area contributed by atoms with E-state index in [1.807, 2.05) is 0 Å². The third-order valence-electron chi connectivity index (χ3n) is 4.62. The van der Waals surface area contributed by atoms with Gasteiger partial charge in [0.05, 0.1) is 5.56 Å². The van der Waals surface area contributed by atoms with Gasteiger partial charge in [0.2, 0.25) is 0 Å². The zero-order valence-corrected chi connectivity index (χ0v) is 15.3. The van der Waals surface area contributed by atoms with Crippen molar-refractivity contribution < 1.29 is 29.7 Å². The summed E-state index contributed by atoms with van der Waals surface area (Å²) in [7, 11) is 1.42. The number of fused-ring (bicyclic) bond motifs is 1. The third-order valence-corrected chi connectivity index (χ3v) is 4.62. The van der Waals surface area contributed by atoms with Crippen LogP contribution in [0.4, 0.5) is 5.69 Å². The van der Waals surface area contributed by atoms with Crippen molar-refractivity contribution in [2.24, 2.45) is 0 Å². The van der Waals surface area contributed by atoms with E-state index in [0.29, 0.717) is 30.6 Å². The van der Waals surface area contributed by atoms with E-state index in [1.54, 1.807) is 18.2 Å². The number of carboxylic acid groups (broad SMARTS) is 1. The molecule has 8 nitrogen and oxygen atoms in total. The predicted molar refractivity (Wildman–Crippen MR) is 101 cm³/mol. The molecule has 0 unspecified atom stereocenters. The van der Waals surface area contributed by atoms with Crippen LogP contribution in [0.1, 0.15) is 32.7 Å². The Morgan fingerprint density at radius 2 is 1.86 bits per heavy atom. The maximum atomic E-state index is 12.9. The van der Waals surface area contributed by atoms with Crippen molar-refractivity contribution in [2.75, 3.05) is 25.0 Å². The lowest BCUT2D eigenvalue weighted by Crippen LogP contribution is -2.36. The number of rotatable bonds is 4. The predicted octanol–water partition coefficient (Wildman–Crippen LogP) is 1.85. The quantitative estimate of drug-likeness (QED) is 0.740. The molecule has 1 aliphatic heterocycles. The van der Waals surface area contributed by atoms with Crippen molar-refractivity contribution in [3.05, 3.63) is 53.1 Å². The van der Waals surface area contributed by atoms with E-state index in [1.165, 1.54) is 24.1 Å². The van der Waals surface area contributed by atoms with Crippen LogP contribution in [0.3, 0.4) is 0 Å². The summed E-state index contributed by atoms with van der Waals surface area (Å²) in [6.45, 7) is 0.0546. The summed E-state index contributed by atoms with van der Waals surface area (Å²) in [6, 6.07) is 8.69. The highest BCUT2D eigenvalue weighted by molar-refractivity contribution is 6.09. The van der Waals surface area contributed by atoms with Gasteiger partial charge >= 0.3 is 5.97 Å². The molecule has 0 aliphatic carbocycles. The van der Waals surface area contributed by atoms with Gasteiger partial charge in [-0.3, -0.25) is 14.4 Å². The number of aryl methyl sites for hydroxylation is 1. The van der Waals surface area contributed by atoms with Crippen molar-refractivity contribution in [3.8, 4) is 11.5 Å². The van der Waals surface area contributed by atoms with Gasteiger partial charge in [-0.2, -0.15) is 0 Å². The minimum absolute atomic E-state index is 0.0759. The van der Waals surface area contributed by atoms with Crippen LogP contribution in [-0.4, -0.2) is 58.1 Å². The fourth-order valence-electron chi connectivity index (χ4n) is 3.28. The van der Waals surface area contributed by atoms with E-state index < -0.39 is 24.3 Å². The Hall–Kier alpha value is -3.55. The number of aromatic hydroxyl groups is 2. The Labute approximate surface area is 161 Å². The molecule has 28 heavy (non-hydrogen) atoms. The summed E-state index contributed by atoms with van der Waals surface area (Å²) in [5.41, 5.74) is 1.87. The lowest BCUT2D eigenvalue weighted by molar-refractivity contribution is -0.137. The molecule has 0 saturated heterocycles. The monoisotopic (exact) mass is 384 g/mol. The van der Waals surface area contributed by atoms with E-state index >= 15 is 0 Å². The first-order chi connectivity index (χ1) is 13.3. The van der Waals surface area contributed by atoms with E-state index in [9.17, 15) is 24.6 Å². The second-order valence-corrected chi connectivity index (χ2v) is 6.66. The molecular weight excluding hydrogens is 364 g/mol. The fourth-order valence-corrected chi connectivity index (χ4v) is 3.28. The van der Waals surface area contributed by atoms with Crippen molar-refractivity contribution in [1.82, 2.24) is 4.90 Å². The van der Waals surface area contributed by atoms with Gasteiger partial charge in [0.1, 0.15) is 18.0 Å². The highest BCUT2D eigenvalue weighted by Crippen LogP contribution is 2.32. The molecular formula is C20H20N2O6. The van der Waals surface area contributed by atoms with Crippen LogP contribution in [0.15, 0.2) is 36.4 Å². The summed E-state index contributed by atoms with van der Waals surface area (Å²) in [4.78, 5) is 38.7. The summed E-state index contributed by atoms with van der Waals surface area (Å²) in [5.74, 6) is -2.36. The standard InChI is InChI=1S/C20H20N2O6/c1-21(11-18(25)26)19(27)13-4-7-16-12(9-13)3-2-8-22(16)20(28)15-6-5-14(23)10-17(15)24/h4-7,9-10,23-24H,2-3,8,11H2,1H3,(H,25,26). The molecule has 2 amide bonds. The second kappa shape index (κ2) is 7.59. The number of aliphatic carboxylic acids is 1. The maximum absolute atomic E-state index is 12.9. The molecule has 8 heteroatoms. The normalized spacial score (nSPS) is 13.0. The molecule has 0 radical (unpaired) electrons. The van der Waals surface area contributed by atoms with Gasteiger partial charge in [0.15, 0.2) is 0 Å². The van der Waals surface area contributed by atoms with Gasteiger partial charge in [-0.05, 0) is 48.7 Å².